The molecule has 0 radical (unpaired) electrons. The first-order valence-corrected chi connectivity index (χ1v) is 8.31. The van der Waals surface area contributed by atoms with Gasteiger partial charge in [0.25, 0.3) is 5.91 Å². The van der Waals surface area contributed by atoms with Gasteiger partial charge >= 0.3 is 0 Å². The van der Waals surface area contributed by atoms with Crippen molar-refractivity contribution >= 4 is 28.2 Å². The van der Waals surface area contributed by atoms with Gasteiger partial charge < -0.3 is 9.73 Å². The summed E-state index contributed by atoms with van der Waals surface area (Å²) in [5.74, 6) is 0.862. The summed E-state index contributed by atoms with van der Waals surface area (Å²) in [5, 5.41) is 7.11. The van der Waals surface area contributed by atoms with Crippen molar-refractivity contribution in [2.24, 2.45) is 0 Å². The number of carbonyl (C=O) groups is 1. The first kappa shape index (κ1) is 13.5. The molecule has 4 nitrogen and oxygen atoms in total. The number of benzene rings is 1. The number of fused-ring (bicyclic) bond motifs is 1. The molecule has 0 unspecified atom stereocenters. The molecule has 1 fully saturated rings. The zero-order valence-electron chi connectivity index (χ0n) is 12.3. The second kappa shape index (κ2) is 5.25. The zero-order valence-corrected chi connectivity index (χ0v) is 13.1. The highest BCUT2D eigenvalue weighted by Gasteiger charge is 2.26. The molecule has 2 heterocycles. The average Bonchev–Trinajstić information content (AvgIpc) is 3.19. The van der Waals surface area contributed by atoms with Crippen LogP contribution in [0.1, 0.15) is 45.6 Å². The maximum Gasteiger partial charge on any atom is 0.287 e. The second-order valence-electron chi connectivity index (χ2n) is 5.69. The predicted octanol–water partition coefficient (Wildman–Crippen LogP) is 4.01. The standard InChI is InChI=1S/C17H16N2O2S/c1-10-13-4-2-3-5-14(13)21-15(10)16(20)18-8-12-9-22-17(19-12)11-6-7-11/h2-5,9,11H,6-8H2,1H3,(H,18,20). The van der Waals surface area contributed by atoms with Gasteiger partial charge in [-0.05, 0) is 25.8 Å². The molecule has 1 amide bonds. The van der Waals surface area contributed by atoms with Crippen LogP contribution in [0.3, 0.4) is 0 Å². The molecule has 22 heavy (non-hydrogen) atoms. The van der Waals surface area contributed by atoms with Crippen LogP contribution in [-0.4, -0.2) is 10.9 Å². The van der Waals surface area contributed by atoms with Gasteiger partial charge in [0.2, 0.25) is 0 Å². The first-order valence-electron chi connectivity index (χ1n) is 7.43. The Hall–Kier alpha value is -2.14. The fourth-order valence-electron chi connectivity index (χ4n) is 2.56. The van der Waals surface area contributed by atoms with Crippen molar-refractivity contribution in [3.63, 3.8) is 0 Å². The monoisotopic (exact) mass is 312 g/mol. The number of aromatic nitrogens is 1. The lowest BCUT2D eigenvalue weighted by molar-refractivity contribution is 0.0924. The number of rotatable bonds is 4. The van der Waals surface area contributed by atoms with Gasteiger partial charge in [0.05, 0.1) is 17.2 Å². The summed E-state index contributed by atoms with van der Waals surface area (Å²) < 4.78 is 5.67. The van der Waals surface area contributed by atoms with E-state index in [4.69, 9.17) is 4.42 Å². The van der Waals surface area contributed by atoms with Gasteiger partial charge in [0, 0.05) is 22.2 Å². The first-order chi connectivity index (χ1) is 10.7. The molecule has 0 saturated heterocycles. The van der Waals surface area contributed by atoms with Crippen LogP contribution in [0, 0.1) is 6.92 Å². The van der Waals surface area contributed by atoms with E-state index in [2.05, 4.69) is 10.3 Å². The number of nitrogens with one attached hydrogen (secondary N) is 1. The summed E-state index contributed by atoms with van der Waals surface area (Å²) in [5.41, 5.74) is 2.55. The normalized spacial score (nSPS) is 14.4. The Balaban J connectivity index is 1.49. The molecule has 0 aliphatic heterocycles. The molecule has 0 atom stereocenters. The van der Waals surface area contributed by atoms with Crippen molar-refractivity contribution in [1.29, 1.82) is 0 Å². The highest BCUT2D eigenvalue weighted by atomic mass is 32.1. The molecule has 4 rings (SSSR count). The average molecular weight is 312 g/mol. The van der Waals surface area contributed by atoms with Gasteiger partial charge in [-0.2, -0.15) is 0 Å². The number of nitrogens with zero attached hydrogens (tertiary/aromatic N) is 1. The van der Waals surface area contributed by atoms with Crippen LogP contribution >= 0.6 is 11.3 Å². The number of hydrogen-bond donors (Lipinski definition) is 1. The van der Waals surface area contributed by atoms with Crippen molar-refractivity contribution in [3.05, 3.63) is 51.7 Å². The van der Waals surface area contributed by atoms with E-state index in [0.717, 1.165) is 22.2 Å². The Morgan fingerprint density at radius 1 is 1.41 bits per heavy atom. The zero-order chi connectivity index (χ0) is 15.1. The summed E-state index contributed by atoms with van der Waals surface area (Å²) in [7, 11) is 0. The molecule has 0 spiro atoms. The Labute approximate surface area is 132 Å². The topological polar surface area (TPSA) is 55.1 Å². The van der Waals surface area contributed by atoms with Crippen LogP contribution in [0.5, 0.6) is 0 Å². The number of aryl methyl sites for hydroxylation is 1. The quantitative estimate of drug-likeness (QED) is 0.792. The van der Waals surface area contributed by atoms with E-state index in [0.29, 0.717) is 18.2 Å². The summed E-state index contributed by atoms with van der Waals surface area (Å²) in [6, 6.07) is 7.69. The molecular weight excluding hydrogens is 296 g/mol. The number of para-hydroxylation sites is 1. The van der Waals surface area contributed by atoms with Gasteiger partial charge in [-0.3, -0.25) is 4.79 Å². The number of hydrogen-bond acceptors (Lipinski definition) is 4. The molecule has 1 aromatic carbocycles. The third-order valence-electron chi connectivity index (χ3n) is 3.98. The van der Waals surface area contributed by atoms with Gasteiger partial charge in [-0.1, -0.05) is 18.2 Å². The summed E-state index contributed by atoms with van der Waals surface area (Å²) in [4.78, 5) is 16.9. The third kappa shape index (κ3) is 2.41. The van der Waals surface area contributed by atoms with Crippen molar-refractivity contribution in [3.8, 4) is 0 Å². The second-order valence-corrected chi connectivity index (χ2v) is 6.58. The van der Waals surface area contributed by atoms with Gasteiger partial charge in [0.15, 0.2) is 5.76 Å². The highest BCUT2D eigenvalue weighted by molar-refractivity contribution is 7.09. The van der Waals surface area contributed by atoms with Crippen molar-refractivity contribution in [2.45, 2.75) is 32.2 Å². The Kier molecular flexibility index (Phi) is 3.22. The lowest BCUT2D eigenvalue weighted by atomic mass is 10.1. The molecule has 1 aliphatic carbocycles. The van der Waals surface area contributed by atoms with E-state index in [1.165, 1.54) is 17.8 Å². The molecule has 5 heteroatoms. The molecule has 0 bridgehead atoms. The predicted molar refractivity (Wildman–Crippen MR) is 86.2 cm³/mol. The van der Waals surface area contributed by atoms with Crippen molar-refractivity contribution < 1.29 is 9.21 Å². The summed E-state index contributed by atoms with van der Waals surface area (Å²) in [6.45, 7) is 2.35. The Morgan fingerprint density at radius 3 is 3.00 bits per heavy atom. The Morgan fingerprint density at radius 2 is 2.23 bits per heavy atom. The molecule has 1 saturated carbocycles. The minimum atomic E-state index is -0.185. The van der Waals surface area contributed by atoms with Crippen LogP contribution < -0.4 is 5.32 Å². The maximum atomic E-state index is 12.3. The number of amides is 1. The van der Waals surface area contributed by atoms with Gasteiger partial charge in [-0.15, -0.1) is 11.3 Å². The van der Waals surface area contributed by atoms with E-state index in [1.54, 1.807) is 11.3 Å². The van der Waals surface area contributed by atoms with Crippen molar-refractivity contribution in [1.82, 2.24) is 10.3 Å². The maximum absolute atomic E-state index is 12.3. The number of furan rings is 1. The Bertz CT molecular complexity index is 845. The molecule has 3 aromatic rings. The SMILES string of the molecule is Cc1c(C(=O)NCc2csc(C3CC3)n2)oc2ccccc12. The fraction of sp³-hybridized carbons (Fsp3) is 0.294. The summed E-state index contributed by atoms with van der Waals surface area (Å²) >= 11 is 1.69. The van der Waals surface area contributed by atoms with Crippen LogP contribution in [0.2, 0.25) is 0 Å². The molecular formula is C17H16N2O2S. The fourth-order valence-corrected chi connectivity index (χ4v) is 3.55. The van der Waals surface area contributed by atoms with E-state index in [-0.39, 0.29) is 5.91 Å². The smallest absolute Gasteiger partial charge is 0.287 e. The lowest BCUT2D eigenvalue weighted by Crippen LogP contribution is -2.23. The molecule has 112 valence electrons. The largest absolute Gasteiger partial charge is 0.451 e. The van der Waals surface area contributed by atoms with E-state index in [1.807, 2.05) is 36.6 Å². The number of thiazole rings is 1. The lowest BCUT2D eigenvalue weighted by Gasteiger charge is -2.01. The van der Waals surface area contributed by atoms with Gasteiger partial charge in [0.1, 0.15) is 5.58 Å². The molecule has 1 aliphatic rings. The third-order valence-corrected chi connectivity index (χ3v) is 5.03. The molecule has 1 N–H and O–H groups in total. The minimum absolute atomic E-state index is 0.185. The van der Waals surface area contributed by atoms with Crippen LogP contribution in [0.25, 0.3) is 11.0 Å². The van der Waals surface area contributed by atoms with E-state index in [9.17, 15) is 4.79 Å². The van der Waals surface area contributed by atoms with Crippen molar-refractivity contribution in [2.75, 3.05) is 0 Å². The summed E-state index contributed by atoms with van der Waals surface area (Å²) in [6.07, 6.45) is 2.50. The van der Waals surface area contributed by atoms with E-state index < -0.39 is 0 Å². The highest BCUT2D eigenvalue weighted by Crippen LogP contribution is 2.41. The number of carbonyl (C=O) groups excluding carboxylic acids is 1. The van der Waals surface area contributed by atoms with Crippen LogP contribution in [0.15, 0.2) is 34.1 Å². The van der Waals surface area contributed by atoms with Gasteiger partial charge in [-0.25, -0.2) is 4.98 Å². The van der Waals surface area contributed by atoms with E-state index >= 15 is 0 Å². The molecule has 2 aromatic heterocycles. The van der Waals surface area contributed by atoms with Crippen LogP contribution in [0.4, 0.5) is 0 Å². The van der Waals surface area contributed by atoms with Crippen LogP contribution in [-0.2, 0) is 6.54 Å². The minimum Gasteiger partial charge on any atom is -0.451 e.